The summed E-state index contributed by atoms with van der Waals surface area (Å²) < 4.78 is 39.7. The van der Waals surface area contributed by atoms with Crippen molar-refractivity contribution in [1.82, 2.24) is 9.97 Å². The summed E-state index contributed by atoms with van der Waals surface area (Å²) in [4.78, 5) is 41.0. The number of quaternary nitrogens is 1. The van der Waals surface area contributed by atoms with Crippen LogP contribution in [-0.2, 0) is 9.59 Å². The van der Waals surface area contributed by atoms with Gasteiger partial charge in [-0.1, -0.05) is 0 Å². The van der Waals surface area contributed by atoms with Gasteiger partial charge >= 0.3 is 5.69 Å². The molecule has 0 spiro atoms. The standard InChI is InChI=1S/C18H16F3N5O3/c1-26(8-15(28)23-12-5-3-10(19)16(20)17(12)21)7-14(27)22-9-2-4-11-13(6-9)25-18(29)24-11/h2-6H,7-8H2,1H3,(H,22,27)(H,23,28)(H2,24,25,29)/p+1. The quantitative estimate of drug-likeness (QED) is 0.380. The summed E-state index contributed by atoms with van der Waals surface area (Å²) in [6.07, 6.45) is 0. The Labute approximate surface area is 161 Å². The molecule has 0 fully saturated rings. The first-order valence-corrected chi connectivity index (χ1v) is 8.49. The van der Waals surface area contributed by atoms with E-state index in [4.69, 9.17) is 0 Å². The van der Waals surface area contributed by atoms with E-state index in [1.54, 1.807) is 25.2 Å². The highest BCUT2D eigenvalue weighted by molar-refractivity contribution is 5.94. The number of halogens is 3. The number of imidazole rings is 1. The zero-order valence-electron chi connectivity index (χ0n) is 15.2. The number of likely N-dealkylation sites (N-methyl/N-ethyl adjacent to an activating group) is 1. The zero-order chi connectivity index (χ0) is 21.1. The van der Waals surface area contributed by atoms with E-state index in [9.17, 15) is 27.6 Å². The lowest BCUT2D eigenvalue weighted by Gasteiger charge is -2.14. The topological polar surface area (TPSA) is 111 Å². The number of nitrogens with one attached hydrogen (secondary N) is 5. The van der Waals surface area contributed by atoms with Crippen molar-refractivity contribution in [2.75, 3.05) is 30.8 Å². The van der Waals surface area contributed by atoms with Crippen LogP contribution in [0, 0.1) is 17.5 Å². The molecule has 2 aromatic carbocycles. The summed E-state index contributed by atoms with van der Waals surface area (Å²) in [5.41, 5.74) is 0.730. The number of carbonyl (C=O) groups excluding carboxylic acids is 2. The van der Waals surface area contributed by atoms with Crippen LogP contribution in [0.4, 0.5) is 24.5 Å². The predicted octanol–water partition coefficient (Wildman–Crippen LogP) is 0.365. The maximum atomic E-state index is 13.6. The number of hydrogen-bond acceptors (Lipinski definition) is 3. The van der Waals surface area contributed by atoms with Gasteiger partial charge < -0.3 is 25.5 Å². The third-order valence-corrected chi connectivity index (χ3v) is 4.03. The van der Waals surface area contributed by atoms with Crippen molar-refractivity contribution in [3.8, 4) is 0 Å². The molecule has 3 aromatic rings. The van der Waals surface area contributed by atoms with Crippen LogP contribution in [0.15, 0.2) is 35.1 Å². The Balaban J connectivity index is 1.54. The van der Waals surface area contributed by atoms with Crippen molar-refractivity contribution < 1.29 is 27.7 Å². The van der Waals surface area contributed by atoms with Gasteiger partial charge in [0.15, 0.2) is 30.5 Å². The van der Waals surface area contributed by atoms with Gasteiger partial charge in [-0.05, 0) is 30.3 Å². The fourth-order valence-electron chi connectivity index (χ4n) is 2.74. The Morgan fingerprint density at radius 1 is 0.931 bits per heavy atom. The molecule has 1 heterocycles. The number of carbonyl (C=O) groups is 2. The molecule has 8 nitrogen and oxygen atoms in total. The van der Waals surface area contributed by atoms with Gasteiger partial charge in [-0.15, -0.1) is 0 Å². The molecule has 5 N–H and O–H groups in total. The summed E-state index contributed by atoms with van der Waals surface area (Å²) in [5, 5.41) is 4.79. The molecule has 0 radical (unpaired) electrons. The summed E-state index contributed by atoms with van der Waals surface area (Å²) >= 11 is 0. The average molecular weight is 408 g/mol. The smallest absolute Gasteiger partial charge is 0.322 e. The maximum absolute atomic E-state index is 13.6. The molecule has 1 unspecified atom stereocenters. The SMILES string of the molecule is C[NH+](CC(=O)Nc1ccc2[nH]c(=O)[nH]c2c1)CC(=O)Nc1ccc(F)c(F)c1F. The molecular weight excluding hydrogens is 391 g/mol. The van der Waals surface area contributed by atoms with Gasteiger partial charge in [-0.25, -0.2) is 18.0 Å². The van der Waals surface area contributed by atoms with Crippen LogP contribution in [0.25, 0.3) is 11.0 Å². The number of amides is 2. The largest absolute Gasteiger partial charge is 0.323 e. The van der Waals surface area contributed by atoms with Crippen LogP contribution in [0.2, 0.25) is 0 Å². The average Bonchev–Trinajstić information content (AvgIpc) is 3.01. The van der Waals surface area contributed by atoms with Crippen molar-refractivity contribution in [2.45, 2.75) is 0 Å². The highest BCUT2D eigenvalue weighted by atomic mass is 19.2. The van der Waals surface area contributed by atoms with E-state index in [-0.39, 0.29) is 18.8 Å². The fraction of sp³-hybridized carbons (Fsp3) is 0.167. The van der Waals surface area contributed by atoms with E-state index >= 15 is 0 Å². The van der Waals surface area contributed by atoms with Crippen LogP contribution in [0.3, 0.4) is 0 Å². The normalized spacial score (nSPS) is 12.0. The van der Waals surface area contributed by atoms with Gasteiger partial charge in [0, 0.05) is 5.69 Å². The summed E-state index contributed by atoms with van der Waals surface area (Å²) in [6.45, 7) is -0.300. The molecule has 152 valence electrons. The molecule has 1 aromatic heterocycles. The van der Waals surface area contributed by atoms with Gasteiger partial charge in [-0.2, -0.15) is 0 Å². The van der Waals surface area contributed by atoms with Crippen molar-refractivity contribution in [3.63, 3.8) is 0 Å². The summed E-state index contributed by atoms with van der Waals surface area (Å²) in [5.74, 6) is -5.60. The van der Waals surface area contributed by atoms with Crippen molar-refractivity contribution >= 4 is 34.2 Å². The van der Waals surface area contributed by atoms with Crippen LogP contribution in [-0.4, -0.2) is 41.9 Å². The Morgan fingerprint density at radius 2 is 1.59 bits per heavy atom. The van der Waals surface area contributed by atoms with Crippen LogP contribution >= 0.6 is 0 Å². The number of H-pyrrole nitrogens is 2. The monoisotopic (exact) mass is 408 g/mol. The zero-order valence-corrected chi connectivity index (χ0v) is 15.2. The van der Waals surface area contributed by atoms with E-state index in [0.717, 1.165) is 6.07 Å². The van der Waals surface area contributed by atoms with E-state index in [0.29, 0.717) is 27.7 Å². The van der Waals surface area contributed by atoms with Crippen LogP contribution in [0.1, 0.15) is 0 Å². The Hall–Kier alpha value is -3.60. The van der Waals surface area contributed by atoms with Crippen LogP contribution in [0.5, 0.6) is 0 Å². The van der Waals surface area contributed by atoms with Gasteiger partial charge in [0.25, 0.3) is 11.8 Å². The molecule has 0 bridgehead atoms. The molecule has 3 rings (SSSR count). The minimum Gasteiger partial charge on any atom is -0.322 e. The number of hydrogen-bond donors (Lipinski definition) is 5. The summed E-state index contributed by atoms with van der Waals surface area (Å²) in [6, 6.07) is 6.43. The number of aromatic amines is 2. The van der Waals surface area contributed by atoms with Gasteiger partial charge in [0.2, 0.25) is 0 Å². The highest BCUT2D eigenvalue weighted by Gasteiger charge is 2.18. The second-order valence-corrected chi connectivity index (χ2v) is 6.47. The molecule has 0 saturated carbocycles. The van der Waals surface area contributed by atoms with Crippen molar-refractivity contribution in [3.05, 3.63) is 58.3 Å². The van der Waals surface area contributed by atoms with Gasteiger partial charge in [0.05, 0.1) is 23.8 Å². The Morgan fingerprint density at radius 3 is 2.31 bits per heavy atom. The Kier molecular flexibility index (Phi) is 5.69. The molecule has 0 aliphatic rings. The predicted molar refractivity (Wildman–Crippen MR) is 99.1 cm³/mol. The van der Waals surface area contributed by atoms with E-state index in [1.807, 2.05) is 0 Å². The number of anilines is 2. The number of aromatic nitrogens is 2. The fourth-order valence-corrected chi connectivity index (χ4v) is 2.74. The Bertz CT molecular complexity index is 1140. The number of benzene rings is 2. The van der Waals surface area contributed by atoms with Gasteiger partial charge in [-0.3, -0.25) is 9.59 Å². The molecule has 2 amide bonds. The second-order valence-electron chi connectivity index (χ2n) is 6.47. The van der Waals surface area contributed by atoms with Crippen molar-refractivity contribution in [2.24, 2.45) is 0 Å². The lowest BCUT2D eigenvalue weighted by Crippen LogP contribution is -3.11. The first kappa shape index (κ1) is 20.1. The van der Waals surface area contributed by atoms with E-state index in [1.165, 1.54) is 0 Å². The molecule has 0 aliphatic carbocycles. The molecule has 29 heavy (non-hydrogen) atoms. The maximum Gasteiger partial charge on any atom is 0.323 e. The highest BCUT2D eigenvalue weighted by Crippen LogP contribution is 2.19. The molecule has 0 saturated heterocycles. The number of fused-ring (bicyclic) bond motifs is 1. The molecule has 0 aliphatic heterocycles. The molecular formula is C18H17F3N5O3+. The van der Waals surface area contributed by atoms with Crippen LogP contribution < -0.4 is 21.2 Å². The third-order valence-electron chi connectivity index (χ3n) is 4.03. The second kappa shape index (κ2) is 8.19. The summed E-state index contributed by atoms with van der Waals surface area (Å²) in [7, 11) is 1.56. The lowest BCUT2D eigenvalue weighted by atomic mass is 10.2. The van der Waals surface area contributed by atoms with Gasteiger partial charge in [0.1, 0.15) is 0 Å². The first-order chi connectivity index (χ1) is 13.7. The minimum atomic E-state index is -1.68. The van der Waals surface area contributed by atoms with E-state index < -0.39 is 35.0 Å². The van der Waals surface area contributed by atoms with Crippen molar-refractivity contribution in [1.29, 1.82) is 0 Å². The molecule has 1 atom stereocenters. The lowest BCUT2D eigenvalue weighted by molar-refractivity contribution is -0.862. The minimum absolute atomic E-state index is 0.0879. The third kappa shape index (κ3) is 4.82. The first-order valence-electron chi connectivity index (χ1n) is 8.49. The van der Waals surface area contributed by atoms with E-state index in [2.05, 4.69) is 20.6 Å². The molecule has 11 heteroatoms. The number of rotatable bonds is 6.